The van der Waals surface area contributed by atoms with Gasteiger partial charge < -0.3 is 14.6 Å². The Morgan fingerprint density at radius 2 is 1.78 bits per heavy atom. The van der Waals surface area contributed by atoms with Crippen LogP contribution < -0.4 is 4.74 Å². The standard InChI is InChI=1S/C17H15ClO5/c1-10(15(19)11-6-8-12(18)9-7-11)23-17(21)13-4-3-5-14(22-2)16(13)20/h3-10,20H,1-2H3/t10-/m0/s1. The summed E-state index contributed by atoms with van der Waals surface area (Å²) >= 11 is 5.77. The van der Waals surface area contributed by atoms with Gasteiger partial charge in [0.15, 0.2) is 17.6 Å². The Kier molecular flexibility index (Phi) is 5.24. The van der Waals surface area contributed by atoms with Crippen molar-refractivity contribution >= 4 is 23.4 Å². The normalized spacial score (nSPS) is 11.6. The maximum atomic E-state index is 12.2. The second-order valence-corrected chi connectivity index (χ2v) is 5.21. The predicted octanol–water partition coefficient (Wildman–Crippen LogP) is 3.48. The van der Waals surface area contributed by atoms with Crippen LogP contribution in [-0.4, -0.2) is 30.1 Å². The fraction of sp³-hybridized carbons (Fsp3) is 0.176. The van der Waals surface area contributed by atoms with Gasteiger partial charge in [0.25, 0.3) is 0 Å². The number of methoxy groups -OCH3 is 1. The smallest absolute Gasteiger partial charge is 0.342 e. The first kappa shape index (κ1) is 16.8. The molecule has 0 unspecified atom stereocenters. The molecule has 0 aliphatic heterocycles. The van der Waals surface area contributed by atoms with Gasteiger partial charge in [-0.15, -0.1) is 0 Å². The Balaban J connectivity index is 2.13. The van der Waals surface area contributed by atoms with E-state index in [4.69, 9.17) is 21.1 Å². The maximum absolute atomic E-state index is 12.2. The third kappa shape index (κ3) is 3.81. The zero-order valence-electron chi connectivity index (χ0n) is 12.6. The van der Waals surface area contributed by atoms with Gasteiger partial charge in [-0.2, -0.15) is 0 Å². The highest BCUT2D eigenvalue weighted by Crippen LogP contribution is 2.30. The molecule has 0 amide bonds. The maximum Gasteiger partial charge on any atom is 0.342 e. The van der Waals surface area contributed by atoms with Gasteiger partial charge in [-0.05, 0) is 43.3 Å². The summed E-state index contributed by atoms with van der Waals surface area (Å²) in [6.45, 7) is 1.46. The van der Waals surface area contributed by atoms with E-state index < -0.39 is 12.1 Å². The molecule has 23 heavy (non-hydrogen) atoms. The molecule has 0 saturated carbocycles. The molecule has 1 N–H and O–H groups in total. The van der Waals surface area contributed by atoms with Crippen molar-refractivity contribution in [3.8, 4) is 11.5 Å². The molecule has 120 valence electrons. The molecule has 0 bridgehead atoms. The van der Waals surface area contributed by atoms with E-state index in [2.05, 4.69) is 0 Å². The summed E-state index contributed by atoms with van der Waals surface area (Å²) in [4.78, 5) is 24.3. The van der Waals surface area contributed by atoms with E-state index in [1.165, 1.54) is 26.2 Å². The number of halogens is 1. The van der Waals surface area contributed by atoms with Crippen molar-refractivity contribution in [3.05, 3.63) is 58.6 Å². The number of ether oxygens (including phenoxy) is 2. The third-order valence-electron chi connectivity index (χ3n) is 3.22. The van der Waals surface area contributed by atoms with E-state index in [-0.39, 0.29) is 22.8 Å². The lowest BCUT2D eigenvalue weighted by atomic mass is 10.1. The molecular formula is C17H15ClO5. The molecule has 0 aromatic heterocycles. The summed E-state index contributed by atoms with van der Waals surface area (Å²) in [5.74, 6) is -1.35. The number of esters is 1. The quantitative estimate of drug-likeness (QED) is 0.669. The summed E-state index contributed by atoms with van der Waals surface area (Å²) in [6.07, 6.45) is -1.01. The van der Waals surface area contributed by atoms with Gasteiger partial charge in [0.1, 0.15) is 5.56 Å². The van der Waals surface area contributed by atoms with Gasteiger partial charge in [-0.25, -0.2) is 4.79 Å². The number of Topliss-reactive ketones (excluding diaryl/α,β-unsaturated/α-hetero) is 1. The number of para-hydroxylation sites is 1. The van der Waals surface area contributed by atoms with Gasteiger partial charge in [0.2, 0.25) is 5.78 Å². The Morgan fingerprint density at radius 1 is 1.13 bits per heavy atom. The van der Waals surface area contributed by atoms with Gasteiger partial charge in [-0.1, -0.05) is 17.7 Å². The van der Waals surface area contributed by atoms with E-state index in [0.717, 1.165) is 0 Å². The molecule has 2 aromatic rings. The van der Waals surface area contributed by atoms with E-state index in [1.807, 2.05) is 0 Å². The van der Waals surface area contributed by atoms with Crippen LogP contribution in [0.1, 0.15) is 27.6 Å². The highest BCUT2D eigenvalue weighted by atomic mass is 35.5. The third-order valence-corrected chi connectivity index (χ3v) is 3.47. The van der Waals surface area contributed by atoms with Crippen molar-refractivity contribution in [1.82, 2.24) is 0 Å². The number of rotatable bonds is 5. The minimum absolute atomic E-state index is 0.0693. The molecule has 5 nitrogen and oxygen atoms in total. The summed E-state index contributed by atoms with van der Waals surface area (Å²) in [6, 6.07) is 10.7. The molecule has 6 heteroatoms. The minimum atomic E-state index is -1.01. The molecule has 0 spiro atoms. The number of hydrogen-bond donors (Lipinski definition) is 1. The molecular weight excluding hydrogens is 320 g/mol. The number of carbonyl (C=O) groups is 2. The van der Waals surface area contributed by atoms with E-state index in [1.54, 1.807) is 30.3 Å². The van der Waals surface area contributed by atoms with Gasteiger partial charge >= 0.3 is 5.97 Å². The number of phenols is 1. The first-order valence-electron chi connectivity index (χ1n) is 6.80. The fourth-order valence-electron chi connectivity index (χ4n) is 1.98. The van der Waals surface area contributed by atoms with Gasteiger partial charge in [0, 0.05) is 10.6 Å². The zero-order valence-corrected chi connectivity index (χ0v) is 13.3. The number of ketones is 1. The Bertz CT molecular complexity index is 724. The molecule has 0 saturated heterocycles. The average Bonchev–Trinajstić information content (AvgIpc) is 2.55. The molecule has 0 radical (unpaired) electrons. The molecule has 0 fully saturated rings. The van der Waals surface area contributed by atoms with Crippen molar-refractivity contribution in [2.24, 2.45) is 0 Å². The Hall–Kier alpha value is -2.53. The predicted molar refractivity (Wildman–Crippen MR) is 85.3 cm³/mol. The van der Waals surface area contributed by atoms with Crippen LogP contribution in [0, 0.1) is 0 Å². The van der Waals surface area contributed by atoms with Crippen LogP contribution in [0.25, 0.3) is 0 Å². The fourth-order valence-corrected chi connectivity index (χ4v) is 2.10. The highest BCUT2D eigenvalue weighted by Gasteiger charge is 2.23. The second kappa shape index (κ2) is 7.15. The summed E-state index contributed by atoms with van der Waals surface area (Å²) < 4.78 is 10.1. The Morgan fingerprint density at radius 3 is 2.39 bits per heavy atom. The number of benzene rings is 2. The van der Waals surface area contributed by atoms with Crippen LogP contribution in [0.3, 0.4) is 0 Å². The van der Waals surface area contributed by atoms with Gasteiger partial charge in [-0.3, -0.25) is 4.79 Å². The first-order valence-corrected chi connectivity index (χ1v) is 7.18. The van der Waals surface area contributed by atoms with Crippen molar-refractivity contribution in [1.29, 1.82) is 0 Å². The van der Waals surface area contributed by atoms with Crippen molar-refractivity contribution < 1.29 is 24.2 Å². The molecule has 2 aromatic carbocycles. The van der Waals surface area contributed by atoms with Crippen LogP contribution in [0.15, 0.2) is 42.5 Å². The summed E-state index contributed by atoms with van der Waals surface area (Å²) in [5.41, 5.74) is 0.310. The van der Waals surface area contributed by atoms with Crippen LogP contribution >= 0.6 is 11.6 Å². The van der Waals surface area contributed by atoms with Crippen molar-refractivity contribution in [2.45, 2.75) is 13.0 Å². The topological polar surface area (TPSA) is 72.8 Å². The van der Waals surface area contributed by atoms with Crippen molar-refractivity contribution in [3.63, 3.8) is 0 Å². The summed E-state index contributed by atoms with van der Waals surface area (Å²) in [7, 11) is 1.37. The largest absolute Gasteiger partial charge is 0.504 e. The number of carbonyl (C=O) groups excluding carboxylic acids is 2. The average molecular weight is 335 g/mol. The number of hydrogen-bond acceptors (Lipinski definition) is 5. The monoisotopic (exact) mass is 334 g/mol. The second-order valence-electron chi connectivity index (χ2n) is 4.78. The lowest BCUT2D eigenvalue weighted by Gasteiger charge is -2.14. The molecule has 2 rings (SSSR count). The molecule has 1 atom stereocenters. The van der Waals surface area contributed by atoms with E-state index in [9.17, 15) is 14.7 Å². The number of aromatic hydroxyl groups is 1. The highest BCUT2D eigenvalue weighted by molar-refractivity contribution is 6.30. The zero-order chi connectivity index (χ0) is 17.0. The van der Waals surface area contributed by atoms with Crippen LogP contribution in [0.5, 0.6) is 11.5 Å². The SMILES string of the molecule is COc1cccc(C(=O)O[C@@H](C)C(=O)c2ccc(Cl)cc2)c1O. The van der Waals surface area contributed by atoms with Crippen molar-refractivity contribution in [2.75, 3.05) is 7.11 Å². The lowest BCUT2D eigenvalue weighted by molar-refractivity contribution is 0.0315. The lowest BCUT2D eigenvalue weighted by Crippen LogP contribution is -2.24. The van der Waals surface area contributed by atoms with E-state index in [0.29, 0.717) is 10.6 Å². The molecule has 0 aliphatic rings. The Labute approximate surface area is 138 Å². The molecule has 0 aliphatic carbocycles. The van der Waals surface area contributed by atoms with Crippen LogP contribution in [0.4, 0.5) is 0 Å². The van der Waals surface area contributed by atoms with Crippen LogP contribution in [-0.2, 0) is 4.74 Å². The summed E-state index contributed by atoms with van der Waals surface area (Å²) in [5, 5.41) is 10.4. The van der Waals surface area contributed by atoms with Crippen LogP contribution in [0.2, 0.25) is 5.02 Å². The van der Waals surface area contributed by atoms with Gasteiger partial charge in [0.05, 0.1) is 7.11 Å². The number of phenolic OH excluding ortho intramolecular Hbond substituents is 1. The van der Waals surface area contributed by atoms with E-state index >= 15 is 0 Å². The molecule has 0 heterocycles. The minimum Gasteiger partial charge on any atom is -0.504 e. The first-order chi connectivity index (χ1) is 10.9.